The minimum atomic E-state index is -1.02. The lowest BCUT2D eigenvalue weighted by atomic mass is 10.1. The largest absolute Gasteiger partial charge is 0.494 e. The number of ether oxygens (including phenoxy) is 1. The molecule has 10 nitrogen and oxygen atoms in total. The van der Waals surface area contributed by atoms with Crippen LogP contribution in [-0.4, -0.2) is 40.2 Å². The number of methoxy groups -OCH3 is 1. The summed E-state index contributed by atoms with van der Waals surface area (Å²) in [6, 6.07) is 10.1. The quantitative estimate of drug-likeness (QED) is 0.321. The highest BCUT2D eigenvalue weighted by molar-refractivity contribution is 6.03. The first-order valence-electron chi connectivity index (χ1n) is 10.3. The normalized spacial score (nSPS) is 12.1. The van der Waals surface area contributed by atoms with Crippen LogP contribution in [0.3, 0.4) is 0 Å². The molecule has 1 aliphatic rings. The molecule has 0 saturated carbocycles. The number of para-hydroxylation sites is 1. The van der Waals surface area contributed by atoms with E-state index in [9.17, 15) is 19.8 Å². The lowest BCUT2D eigenvalue weighted by molar-refractivity contribution is -0.387. The highest BCUT2D eigenvalue weighted by atomic mass is 19.1. The molecule has 0 fully saturated rings. The van der Waals surface area contributed by atoms with Gasteiger partial charge in [-0.2, -0.15) is 9.65 Å². The number of anilines is 3. The molecular formula is C24H22FN7O3. The monoisotopic (exact) mass is 475 g/mol. The maximum Gasteiger partial charge on any atom is 0.307 e. The van der Waals surface area contributed by atoms with Crippen molar-refractivity contribution in [2.45, 2.75) is 14.0 Å². The number of likely N-dealkylation sites (N-methyl/N-ethyl adjacent to an activating group) is 1. The molecule has 35 heavy (non-hydrogen) atoms. The predicted molar refractivity (Wildman–Crippen MR) is 131 cm³/mol. The first-order valence-corrected chi connectivity index (χ1v) is 10.3. The average molecular weight is 475 g/mol. The first-order chi connectivity index (χ1) is 16.4. The van der Waals surface area contributed by atoms with Gasteiger partial charge < -0.3 is 19.5 Å². The van der Waals surface area contributed by atoms with Crippen molar-refractivity contribution < 1.29 is 14.1 Å². The van der Waals surface area contributed by atoms with E-state index in [1.165, 1.54) is 13.3 Å². The molecule has 1 N–H and O–H groups in total. The van der Waals surface area contributed by atoms with E-state index in [4.69, 9.17) is 4.74 Å². The van der Waals surface area contributed by atoms with Crippen LogP contribution in [0.1, 0.15) is 13.0 Å². The molecule has 0 amide bonds. The summed E-state index contributed by atoms with van der Waals surface area (Å²) in [4.78, 5) is 21.3. The van der Waals surface area contributed by atoms with Crippen LogP contribution in [0.25, 0.3) is 22.2 Å². The zero-order chi connectivity index (χ0) is 24.0. The number of rotatable bonds is 5. The lowest BCUT2D eigenvalue weighted by Crippen LogP contribution is -2.26. The van der Waals surface area contributed by atoms with Gasteiger partial charge in [0.15, 0.2) is 0 Å². The number of nitro benzene ring substituents is 1. The van der Waals surface area contributed by atoms with Crippen LogP contribution in [0, 0.1) is 27.3 Å². The fraction of sp³-hybridized carbons (Fsp3) is 0.208. The van der Waals surface area contributed by atoms with E-state index in [1.807, 2.05) is 31.4 Å². The average Bonchev–Trinajstić information content (AvgIpc) is 3.21. The number of nitriles is 1. The predicted octanol–water partition coefficient (Wildman–Crippen LogP) is 4.86. The maximum atomic E-state index is 14.0. The Morgan fingerprint density at radius 1 is 1.31 bits per heavy atom. The van der Waals surface area contributed by atoms with Crippen molar-refractivity contribution >= 4 is 33.9 Å². The van der Waals surface area contributed by atoms with Crippen LogP contribution >= 0.6 is 0 Å². The Bertz CT molecular complexity index is 1510. The molecule has 178 valence electrons. The van der Waals surface area contributed by atoms with Crippen molar-refractivity contribution in [3.05, 3.63) is 64.2 Å². The summed E-state index contributed by atoms with van der Waals surface area (Å²) < 4.78 is 21.3. The molecule has 0 atom stereocenters. The minimum absolute atomic E-state index is 0. The number of benzene rings is 2. The molecule has 5 rings (SSSR count). The van der Waals surface area contributed by atoms with Gasteiger partial charge in [0.05, 0.1) is 46.4 Å². The topological polar surface area (TPSA) is 122 Å². The summed E-state index contributed by atoms with van der Waals surface area (Å²) in [5.74, 6) is -0.891. The highest BCUT2D eigenvalue weighted by Gasteiger charge is 2.23. The van der Waals surface area contributed by atoms with Crippen LogP contribution in [0.15, 0.2) is 42.7 Å². The third-order valence-corrected chi connectivity index (χ3v) is 5.84. The molecule has 4 aromatic rings. The van der Waals surface area contributed by atoms with Gasteiger partial charge in [-0.25, -0.2) is 9.97 Å². The number of hydrogen-bond donors (Lipinski definition) is 1. The van der Waals surface area contributed by atoms with Gasteiger partial charge in [0.2, 0.25) is 11.8 Å². The third-order valence-electron chi connectivity index (χ3n) is 5.84. The maximum absolute atomic E-state index is 14.0. The number of aromatic nitrogens is 3. The number of nitrogens with one attached hydrogen (secondary N) is 1. The molecule has 3 heterocycles. The van der Waals surface area contributed by atoms with Crippen LogP contribution in [0.4, 0.5) is 27.4 Å². The first kappa shape index (κ1) is 23.4. The Morgan fingerprint density at radius 3 is 2.83 bits per heavy atom. The minimum Gasteiger partial charge on any atom is -0.494 e. The van der Waals surface area contributed by atoms with E-state index in [1.54, 1.807) is 0 Å². The molecule has 0 spiro atoms. The molecule has 0 aliphatic carbocycles. The zero-order valence-corrected chi connectivity index (χ0v) is 18.2. The van der Waals surface area contributed by atoms with Crippen molar-refractivity contribution in [2.75, 3.05) is 30.9 Å². The number of halogens is 1. The summed E-state index contributed by atoms with van der Waals surface area (Å²) in [6.45, 7) is 1.64. The fourth-order valence-corrected chi connectivity index (χ4v) is 4.19. The van der Waals surface area contributed by atoms with Gasteiger partial charge in [-0.3, -0.25) is 10.1 Å². The van der Waals surface area contributed by atoms with E-state index < -0.39 is 16.4 Å². The fourth-order valence-electron chi connectivity index (χ4n) is 4.19. The van der Waals surface area contributed by atoms with Crippen LogP contribution in [-0.2, 0) is 6.54 Å². The van der Waals surface area contributed by atoms with Gasteiger partial charge in [-0.15, -0.1) is 0 Å². The lowest BCUT2D eigenvalue weighted by Gasteiger charge is -2.26. The van der Waals surface area contributed by atoms with Crippen molar-refractivity contribution in [3.63, 3.8) is 0 Å². The summed E-state index contributed by atoms with van der Waals surface area (Å²) in [7, 11) is 3.36. The van der Waals surface area contributed by atoms with Gasteiger partial charge in [-0.1, -0.05) is 19.6 Å². The van der Waals surface area contributed by atoms with Gasteiger partial charge in [0.1, 0.15) is 11.8 Å². The van der Waals surface area contributed by atoms with E-state index in [2.05, 4.69) is 30.8 Å². The SMILES string of the molecule is C.COc1cc(F)c([N+](=O)[O-])cc1Nc1ncc(C#N)c(-c2cn3c4c(cccc24)N(C)CC3)n1. The Labute approximate surface area is 200 Å². The Hall–Kier alpha value is -4.72. The van der Waals surface area contributed by atoms with Gasteiger partial charge in [-0.05, 0) is 6.07 Å². The van der Waals surface area contributed by atoms with E-state index >= 15 is 0 Å². The molecule has 2 aromatic heterocycles. The van der Waals surface area contributed by atoms with Gasteiger partial charge >= 0.3 is 5.69 Å². The Balaban J connectivity index is 0.00000289. The summed E-state index contributed by atoms with van der Waals surface area (Å²) >= 11 is 0. The van der Waals surface area contributed by atoms with Crippen LogP contribution in [0.2, 0.25) is 0 Å². The summed E-state index contributed by atoms with van der Waals surface area (Å²) in [5.41, 5.74) is 3.01. The Morgan fingerprint density at radius 2 is 2.11 bits per heavy atom. The van der Waals surface area contributed by atoms with Crippen molar-refractivity contribution in [2.24, 2.45) is 0 Å². The molecule has 0 saturated heterocycles. The second-order valence-corrected chi connectivity index (χ2v) is 7.78. The molecule has 0 radical (unpaired) electrons. The molecule has 0 bridgehead atoms. The second-order valence-electron chi connectivity index (χ2n) is 7.78. The summed E-state index contributed by atoms with van der Waals surface area (Å²) in [5, 5.41) is 24.7. The molecule has 2 aromatic carbocycles. The number of hydrogen-bond acceptors (Lipinski definition) is 8. The van der Waals surface area contributed by atoms with Crippen molar-refractivity contribution in [1.29, 1.82) is 5.26 Å². The van der Waals surface area contributed by atoms with E-state index in [-0.39, 0.29) is 30.4 Å². The highest BCUT2D eigenvalue weighted by Crippen LogP contribution is 2.39. The van der Waals surface area contributed by atoms with Gasteiger partial charge in [0, 0.05) is 49.4 Å². The molecular weight excluding hydrogens is 453 g/mol. The van der Waals surface area contributed by atoms with Gasteiger partial charge in [0.25, 0.3) is 0 Å². The zero-order valence-electron chi connectivity index (χ0n) is 18.2. The standard InChI is InChI=1S/C23H18FN7O3.CH4/c1-29-6-7-30-12-15(14-4-3-5-18(29)22(14)30)21-13(10-25)11-26-23(28-21)27-17-9-19(31(32)33)16(24)8-20(17)34-2;/h3-5,8-9,11-12H,6-7H2,1-2H3,(H,26,27,28);1H4. The third kappa shape index (κ3) is 3.85. The van der Waals surface area contributed by atoms with Crippen LogP contribution < -0.4 is 15.0 Å². The number of nitrogens with zero attached hydrogens (tertiary/aromatic N) is 6. The molecule has 11 heteroatoms. The summed E-state index contributed by atoms with van der Waals surface area (Å²) in [6.07, 6.45) is 3.35. The van der Waals surface area contributed by atoms with Crippen molar-refractivity contribution in [3.8, 4) is 23.1 Å². The number of nitro groups is 1. The van der Waals surface area contributed by atoms with E-state index in [0.717, 1.165) is 47.4 Å². The van der Waals surface area contributed by atoms with E-state index in [0.29, 0.717) is 5.69 Å². The van der Waals surface area contributed by atoms with Crippen LogP contribution in [0.5, 0.6) is 5.75 Å². The molecule has 0 unspecified atom stereocenters. The molecule has 1 aliphatic heterocycles. The second kappa shape index (κ2) is 8.90. The Kier molecular flexibility index (Phi) is 5.96. The smallest absolute Gasteiger partial charge is 0.307 e. The van der Waals surface area contributed by atoms with Crippen molar-refractivity contribution in [1.82, 2.24) is 14.5 Å².